The molecule has 0 radical (unpaired) electrons. The van der Waals surface area contributed by atoms with E-state index < -0.39 is 0 Å². The van der Waals surface area contributed by atoms with Gasteiger partial charge in [-0.1, -0.05) is 47.5 Å². The molecule has 0 aromatic heterocycles. The van der Waals surface area contributed by atoms with E-state index in [1.807, 2.05) is 79.4 Å². The fourth-order valence-electron chi connectivity index (χ4n) is 4.02. The monoisotopic (exact) mass is 447 g/mol. The summed E-state index contributed by atoms with van der Waals surface area (Å²) in [4.78, 5) is 29.4. The number of aryl methyl sites for hydroxylation is 2. The zero-order chi connectivity index (χ0) is 22.7. The van der Waals surface area contributed by atoms with Crippen molar-refractivity contribution in [3.63, 3.8) is 0 Å². The van der Waals surface area contributed by atoms with Gasteiger partial charge in [0.2, 0.25) is 0 Å². The Morgan fingerprint density at radius 2 is 1.59 bits per heavy atom. The van der Waals surface area contributed by atoms with Gasteiger partial charge in [-0.3, -0.25) is 9.59 Å². The molecule has 0 aliphatic carbocycles. The molecule has 5 nitrogen and oxygen atoms in total. The van der Waals surface area contributed by atoms with Gasteiger partial charge in [-0.15, -0.1) is 0 Å². The Morgan fingerprint density at radius 3 is 2.25 bits per heavy atom. The van der Waals surface area contributed by atoms with Crippen LogP contribution in [0.15, 0.2) is 66.7 Å². The molecule has 1 aliphatic rings. The summed E-state index contributed by atoms with van der Waals surface area (Å²) in [6.45, 7) is 6.61. The summed E-state index contributed by atoms with van der Waals surface area (Å²) in [6.07, 6.45) is 0. The standard InChI is InChI=1S/C26H26ClN3O2/c1-18-8-10-22(19(2)16-18)25(31)28-21-9-11-24(23(27)17-21)29-12-14-30(15-13-29)26(32)20-6-4-3-5-7-20/h3-11,16-17H,12-15H2,1-2H3,(H,28,31). The Hall–Kier alpha value is -3.31. The van der Waals surface area contributed by atoms with Crippen molar-refractivity contribution >= 4 is 34.8 Å². The number of nitrogens with one attached hydrogen (secondary N) is 1. The number of nitrogens with zero attached hydrogens (tertiary/aromatic N) is 2. The van der Waals surface area contributed by atoms with E-state index >= 15 is 0 Å². The molecule has 0 spiro atoms. The lowest BCUT2D eigenvalue weighted by molar-refractivity contribution is 0.0746. The summed E-state index contributed by atoms with van der Waals surface area (Å²) < 4.78 is 0. The molecule has 3 aromatic rings. The first-order chi connectivity index (χ1) is 15.4. The van der Waals surface area contributed by atoms with Gasteiger partial charge in [0.15, 0.2) is 0 Å². The van der Waals surface area contributed by atoms with Gasteiger partial charge in [0.05, 0.1) is 10.7 Å². The average molecular weight is 448 g/mol. The van der Waals surface area contributed by atoms with E-state index in [2.05, 4.69) is 10.2 Å². The SMILES string of the molecule is Cc1ccc(C(=O)Nc2ccc(N3CCN(C(=O)c4ccccc4)CC3)c(Cl)c2)c(C)c1. The molecule has 3 aromatic carbocycles. The van der Waals surface area contributed by atoms with Crippen molar-refractivity contribution in [2.45, 2.75) is 13.8 Å². The minimum absolute atomic E-state index is 0.0563. The smallest absolute Gasteiger partial charge is 0.255 e. The van der Waals surface area contributed by atoms with E-state index in [0.717, 1.165) is 16.8 Å². The lowest BCUT2D eigenvalue weighted by atomic mass is 10.1. The first-order valence-electron chi connectivity index (χ1n) is 10.7. The number of anilines is 2. The zero-order valence-electron chi connectivity index (χ0n) is 18.3. The maximum absolute atomic E-state index is 12.7. The summed E-state index contributed by atoms with van der Waals surface area (Å²) in [6, 6.07) is 20.7. The van der Waals surface area contributed by atoms with Crippen molar-refractivity contribution < 1.29 is 9.59 Å². The van der Waals surface area contributed by atoms with E-state index in [1.165, 1.54) is 0 Å². The van der Waals surface area contributed by atoms with Crippen molar-refractivity contribution in [3.05, 3.63) is 94.0 Å². The second-order valence-corrected chi connectivity index (χ2v) is 8.49. The third kappa shape index (κ3) is 4.78. The van der Waals surface area contributed by atoms with Gasteiger partial charge in [0, 0.05) is 43.0 Å². The van der Waals surface area contributed by atoms with Gasteiger partial charge >= 0.3 is 0 Å². The van der Waals surface area contributed by atoms with Crippen molar-refractivity contribution in [1.29, 1.82) is 0 Å². The maximum atomic E-state index is 12.7. The van der Waals surface area contributed by atoms with Gasteiger partial charge in [0.25, 0.3) is 11.8 Å². The van der Waals surface area contributed by atoms with Crippen LogP contribution in [0, 0.1) is 13.8 Å². The Balaban J connectivity index is 1.39. The maximum Gasteiger partial charge on any atom is 0.255 e. The van der Waals surface area contributed by atoms with E-state index in [1.54, 1.807) is 6.07 Å². The molecular weight excluding hydrogens is 422 g/mol. The average Bonchev–Trinajstić information content (AvgIpc) is 2.79. The molecule has 0 bridgehead atoms. The van der Waals surface area contributed by atoms with Crippen LogP contribution in [0.4, 0.5) is 11.4 Å². The van der Waals surface area contributed by atoms with Crippen LogP contribution >= 0.6 is 11.6 Å². The van der Waals surface area contributed by atoms with E-state index in [9.17, 15) is 9.59 Å². The highest BCUT2D eigenvalue weighted by molar-refractivity contribution is 6.33. The molecule has 2 amide bonds. The van der Waals surface area contributed by atoms with E-state index in [0.29, 0.717) is 48.0 Å². The number of hydrogen-bond donors (Lipinski definition) is 1. The number of piperazine rings is 1. The Bertz CT molecular complexity index is 1140. The van der Waals surface area contributed by atoms with Crippen LogP contribution in [0.5, 0.6) is 0 Å². The van der Waals surface area contributed by atoms with Crippen molar-refractivity contribution in [3.8, 4) is 0 Å². The molecule has 1 aliphatic heterocycles. The predicted molar refractivity (Wildman–Crippen MR) is 130 cm³/mol. The normalized spacial score (nSPS) is 13.7. The highest BCUT2D eigenvalue weighted by atomic mass is 35.5. The first kappa shape index (κ1) is 21.9. The van der Waals surface area contributed by atoms with Crippen LogP contribution in [0.25, 0.3) is 0 Å². The number of rotatable bonds is 4. The Morgan fingerprint density at radius 1 is 0.875 bits per heavy atom. The minimum Gasteiger partial charge on any atom is -0.367 e. The van der Waals surface area contributed by atoms with Crippen LogP contribution in [-0.4, -0.2) is 42.9 Å². The molecule has 32 heavy (non-hydrogen) atoms. The lowest BCUT2D eigenvalue weighted by Crippen LogP contribution is -2.48. The van der Waals surface area contributed by atoms with Gasteiger partial charge in [-0.05, 0) is 55.8 Å². The number of carbonyl (C=O) groups excluding carboxylic acids is 2. The Kier molecular flexibility index (Phi) is 6.47. The summed E-state index contributed by atoms with van der Waals surface area (Å²) in [7, 11) is 0. The quantitative estimate of drug-likeness (QED) is 0.600. The second kappa shape index (κ2) is 9.45. The third-order valence-corrected chi connectivity index (χ3v) is 6.06. The summed E-state index contributed by atoms with van der Waals surface area (Å²) in [5.41, 5.74) is 4.98. The first-order valence-corrected chi connectivity index (χ1v) is 11.1. The predicted octanol–water partition coefficient (Wildman–Crippen LogP) is 5.17. The summed E-state index contributed by atoms with van der Waals surface area (Å²) in [5.74, 6) is -0.0971. The zero-order valence-corrected chi connectivity index (χ0v) is 19.0. The number of carbonyl (C=O) groups is 2. The topological polar surface area (TPSA) is 52.7 Å². The molecule has 1 saturated heterocycles. The van der Waals surface area contributed by atoms with Crippen molar-refractivity contribution in [2.24, 2.45) is 0 Å². The molecule has 164 valence electrons. The molecule has 1 heterocycles. The molecular formula is C26H26ClN3O2. The van der Waals surface area contributed by atoms with Crippen molar-refractivity contribution in [1.82, 2.24) is 4.90 Å². The Labute approximate surface area is 193 Å². The third-order valence-electron chi connectivity index (χ3n) is 5.76. The molecule has 0 saturated carbocycles. The van der Waals surface area contributed by atoms with Crippen molar-refractivity contribution in [2.75, 3.05) is 36.4 Å². The number of benzene rings is 3. The van der Waals surface area contributed by atoms with Crippen LogP contribution in [0.1, 0.15) is 31.8 Å². The van der Waals surface area contributed by atoms with Crippen LogP contribution in [0.3, 0.4) is 0 Å². The summed E-state index contributed by atoms with van der Waals surface area (Å²) in [5, 5.41) is 3.51. The minimum atomic E-state index is -0.153. The molecule has 0 atom stereocenters. The summed E-state index contributed by atoms with van der Waals surface area (Å²) >= 11 is 6.57. The molecule has 1 N–H and O–H groups in total. The van der Waals surface area contributed by atoms with E-state index in [4.69, 9.17) is 11.6 Å². The van der Waals surface area contributed by atoms with Crippen LogP contribution in [0.2, 0.25) is 5.02 Å². The molecule has 0 unspecified atom stereocenters. The van der Waals surface area contributed by atoms with Crippen LogP contribution in [-0.2, 0) is 0 Å². The van der Waals surface area contributed by atoms with Gasteiger partial charge in [-0.25, -0.2) is 0 Å². The highest BCUT2D eigenvalue weighted by Gasteiger charge is 2.23. The largest absolute Gasteiger partial charge is 0.367 e. The van der Waals surface area contributed by atoms with Gasteiger partial charge in [0.1, 0.15) is 0 Å². The van der Waals surface area contributed by atoms with Gasteiger partial charge in [-0.2, -0.15) is 0 Å². The fraction of sp³-hybridized carbons (Fsp3) is 0.231. The highest BCUT2D eigenvalue weighted by Crippen LogP contribution is 2.30. The number of hydrogen-bond acceptors (Lipinski definition) is 3. The van der Waals surface area contributed by atoms with Gasteiger partial charge < -0.3 is 15.1 Å². The van der Waals surface area contributed by atoms with Crippen LogP contribution < -0.4 is 10.2 Å². The molecule has 6 heteroatoms. The van der Waals surface area contributed by atoms with E-state index in [-0.39, 0.29) is 11.8 Å². The second-order valence-electron chi connectivity index (χ2n) is 8.08. The lowest BCUT2D eigenvalue weighted by Gasteiger charge is -2.36. The molecule has 1 fully saturated rings. The number of amides is 2. The fourth-order valence-corrected chi connectivity index (χ4v) is 4.32. The number of halogens is 1. The molecule has 4 rings (SSSR count).